The molecule has 1 atom stereocenters. The van der Waals surface area contributed by atoms with Gasteiger partial charge in [0.05, 0.1) is 17.5 Å². The summed E-state index contributed by atoms with van der Waals surface area (Å²) in [5.41, 5.74) is 3.26. The Balaban J connectivity index is 1.80. The number of hydrogen-bond acceptors (Lipinski definition) is 4. The van der Waals surface area contributed by atoms with Crippen LogP contribution >= 0.6 is 11.8 Å². The van der Waals surface area contributed by atoms with Gasteiger partial charge in [-0.2, -0.15) is 0 Å². The van der Waals surface area contributed by atoms with Crippen LogP contribution in [0.3, 0.4) is 0 Å². The van der Waals surface area contributed by atoms with Crippen LogP contribution < -0.4 is 10.6 Å². The summed E-state index contributed by atoms with van der Waals surface area (Å²) in [5, 5.41) is 4.98. The van der Waals surface area contributed by atoms with Gasteiger partial charge >= 0.3 is 0 Å². The first-order chi connectivity index (χ1) is 14.2. The quantitative estimate of drug-likeness (QED) is 0.669. The van der Waals surface area contributed by atoms with Gasteiger partial charge in [0.1, 0.15) is 5.82 Å². The molecule has 0 heterocycles. The first-order valence-corrected chi connectivity index (χ1v) is 10.5. The number of hydrogen-bond donors (Lipinski definition) is 2. The summed E-state index contributed by atoms with van der Waals surface area (Å²) < 4.78 is 12.9. The molecule has 8 heteroatoms. The summed E-state index contributed by atoms with van der Waals surface area (Å²) in [6, 6.07) is 11.1. The van der Waals surface area contributed by atoms with Crippen molar-refractivity contribution >= 4 is 40.9 Å². The molecule has 6 nitrogen and oxygen atoms in total. The topological polar surface area (TPSA) is 78.5 Å². The van der Waals surface area contributed by atoms with Gasteiger partial charge in [-0.05, 0) is 62.2 Å². The van der Waals surface area contributed by atoms with Gasteiger partial charge in [-0.1, -0.05) is 12.1 Å². The van der Waals surface area contributed by atoms with E-state index in [1.165, 1.54) is 40.9 Å². The molecule has 2 aromatic rings. The Morgan fingerprint density at radius 1 is 1.03 bits per heavy atom. The molecule has 1 unspecified atom stereocenters. The van der Waals surface area contributed by atoms with Gasteiger partial charge in [0, 0.05) is 18.4 Å². The van der Waals surface area contributed by atoms with Crippen molar-refractivity contribution in [2.24, 2.45) is 0 Å². The van der Waals surface area contributed by atoms with E-state index in [2.05, 4.69) is 10.6 Å². The Bertz CT molecular complexity index is 918. The van der Waals surface area contributed by atoms with Gasteiger partial charge in [-0.15, -0.1) is 11.8 Å². The van der Waals surface area contributed by atoms with Gasteiger partial charge < -0.3 is 15.5 Å². The molecule has 0 spiro atoms. The smallest absolute Gasteiger partial charge is 0.243 e. The Kier molecular flexibility index (Phi) is 8.41. The highest BCUT2D eigenvalue weighted by Crippen LogP contribution is 2.18. The molecular weight excluding hydrogens is 405 g/mol. The lowest BCUT2D eigenvalue weighted by molar-refractivity contribution is -0.132. The fourth-order valence-electron chi connectivity index (χ4n) is 2.68. The minimum absolute atomic E-state index is 0.0623. The number of amides is 3. The minimum Gasteiger partial charge on any atom is -0.335 e. The van der Waals surface area contributed by atoms with Gasteiger partial charge in [0.25, 0.3) is 0 Å². The highest BCUT2D eigenvalue weighted by molar-refractivity contribution is 8.01. The van der Waals surface area contributed by atoms with E-state index in [-0.39, 0.29) is 35.8 Å². The molecule has 0 saturated heterocycles. The Morgan fingerprint density at radius 3 is 2.37 bits per heavy atom. The maximum absolute atomic E-state index is 12.9. The second-order valence-electron chi connectivity index (χ2n) is 7.00. The largest absolute Gasteiger partial charge is 0.335 e. The molecule has 0 aromatic heterocycles. The number of halogens is 1. The predicted molar refractivity (Wildman–Crippen MR) is 119 cm³/mol. The van der Waals surface area contributed by atoms with Crippen molar-refractivity contribution in [2.45, 2.75) is 26.0 Å². The lowest BCUT2D eigenvalue weighted by Gasteiger charge is -2.21. The second-order valence-corrected chi connectivity index (χ2v) is 8.33. The molecule has 160 valence electrons. The average Bonchev–Trinajstić information content (AvgIpc) is 2.70. The minimum atomic E-state index is -0.498. The number of aryl methyl sites for hydroxylation is 1. The maximum atomic E-state index is 12.9. The summed E-state index contributed by atoms with van der Waals surface area (Å²) in [4.78, 5) is 38.2. The third kappa shape index (κ3) is 6.88. The summed E-state index contributed by atoms with van der Waals surface area (Å²) in [6.45, 7) is 5.50. The Hall–Kier alpha value is -2.87. The van der Waals surface area contributed by atoms with Crippen LogP contribution in [0.5, 0.6) is 0 Å². The highest BCUT2D eigenvalue weighted by Gasteiger charge is 2.21. The van der Waals surface area contributed by atoms with Gasteiger partial charge in [0.2, 0.25) is 17.7 Å². The summed E-state index contributed by atoms with van der Waals surface area (Å²) in [7, 11) is 1.56. The molecule has 0 fully saturated rings. The number of thioether (sulfide) groups is 1. The monoisotopic (exact) mass is 431 g/mol. The number of carbonyl (C=O) groups excluding carboxylic acids is 3. The van der Waals surface area contributed by atoms with Crippen molar-refractivity contribution in [3.8, 4) is 0 Å². The van der Waals surface area contributed by atoms with E-state index < -0.39 is 5.25 Å². The lowest BCUT2D eigenvalue weighted by atomic mass is 10.1. The molecule has 0 aliphatic rings. The first kappa shape index (κ1) is 23.4. The number of rotatable bonds is 8. The maximum Gasteiger partial charge on any atom is 0.243 e. The van der Waals surface area contributed by atoms with E-state index in [1.807, 2.05) is 32.0 Å². The van der Waals surface area contributed by atoms with Crippen molar-refractivity contribution in [1.29, 1.82) is 0 Å². The average molecular weight is 432 g/mol. The van der Waals surface area contributed by atoms with Crippen molar-refractivity contribution in [3.05, 3.63) is 59.4 Å². The normalized spacial score (nSPS) is 11.5. The van der Waals surface area contributed by atoms with Crippen LogP contribution in [0.25, 0.3) is 0 Å². The van der Waals surface area contributed by atoms with E-state index in [4.69, 9.17) is 0 Å². The molecule has 2 aromatic carbocycles. The van der Waals surface area contributed by atoms with Crippen LogP contribution in [0.4, 0.5) is 15.8 Å². The second kappa shape index (κ2) is 10.8. The van der Waals surface area contributed by atoms with Crippen LogP contribution in [0, 0.1) is 19.7 Å². The number of nitrogens with zero attached hydrogens (tertiary/aromatic N) is 1. The van der Waals surface area contributed by atoms with E-state index in [1.54, 1.807) is 14.0 Å². The fourth-order valence-corrected chi connectivity index (χ4v) is 3.48. The first-order valence-electron chi connectivity index (χ1n) is 9.45. The van der Waals surface area contributed by atoms with Crippen molar-refractivity contribution in [1.82, 2.24) is 4.90 Å². The van der Waals surface area contributed by atoms with Crippen LogP contribution in [-0.4, -0.2) is 47.2 Å². The van der Waals surface area contributed by atoms with Crippen molar-refractivity contribution < 1.29 is 18.8 Å². The van der Waals surface area contributed by atoms with Gasteiger partial charge in [-0.3, -0.25) is 14.4 Å². The van der Waals surface area contributed by atoms with Crippen LogP contribution in [-0.2, 0) is 14.4 Å². The number of anilines is 2. The van der Waals surface area contributed by atoms with E-state index in [9.17, 15) is 18.8 Å². The Labute approximate surface area is 180 Å². The van der Waals surface area contributed by atoms with E-state index in [0.717, 1.165) is 16.8 Å². The van der Waals surface area contributed by atoms with Crippen LogP contribution in [0.15, 0.2) is 42.5 Å². The standard InChI is InChI=1S/C22H26FN3O3S/c1-14-6-5-7-19(15(14)2)25-20(27)12-26(4)22(29)16(3)30-13-21(28)24-18-10-8-17(23)9-11-18/h5-11,16H,12-13H2,1-4H3,(H,24,28)(H,25,27). The van der Waals surface area contributed by atoms with Crippen LogP contribution in [0.1, 0.15) is 18.1 Å². The molecule has 0 aliphatic heterocycles. The zero-order valence-electron chi connectivity index (χ0n) is 17.5. The zero-order chi connectivity index (χ0) is 22.3. The molecule has 30 heavy (non-hydrogen) atoms. The summed E-state index contributed by atoms with van der Waals surface area (Å²) >= 11 is 1.17. The molecule has 2 rings (SSSR count). The van der Waals surface area contributed by atoms with E-state index in [0.29, 0.717) is 5.69 Å². The van der Waals surface area contributed by atoms with Gasteiger partial charge in [-0.25, -0.2) is 4.39 Å². The molecule has 0 bridgehead atoms. The third-order valence-corrected chi connectivity index (χ3v) is 5.71. The summed E-state index contributed by atoms with van der Waals surface area (Å²) in [6.07, 6.45) is 0. The molecular formula is C22H26FN3O3S. The van der Waals surface area contributed by atoms with E-state index >= 15 is 0 Å². The lowest BCUT2D eigenvalue weighted by Crippen LogP contribution is -2.39. The van der Waals surface area contributed by atoms with Crippen molar-refractivity contribution in [2.75, 3.05) is 30.0 Å². The predicted octanol–water partition coefficient (Wildman–Crippen LogP) is 3.60. The van der Waals surface area contributed by atoms with Crippen LogP contribution in [0.2, 0.25) is 0 Å². The Morgan fingerprint density at radius 2 is 1.70 bits per heavy atom. The molecule has 2 N–H and O–H groups in total. The number of nitrogens with one attached hydrogen (secondary N) is 2. The van der Waals surface area contributed by atoms with Crippen molar-refractivity contribution in [3.63, 3.8) is 0 Å². The molecule has 0 aliphatic carbocycles. The number of likely N-dealkylation sites (N-methyl/N-ethyl adjacent to an activating group) is 1. The summed E-state index contributed by atoms with van der Waals surface area (Å²) in [5.74, 6) is -1.14. The zero-order valence-corrected chi connectivity index (χ0v) is 18.3. The molecule has 0 saturated carbocycles. The fraction of sp³-hybridized carbons (Fsp3) is 0.318. The molecule has 0 radical (unpaired) electrons. The SMILES string of the molecule is Cc1cccc(NC(=O)CN(C)C(=O)C(C)SCC(=O)Nc2ccc(F)cc2)c1C. The highest BCUT2D eigenvalue weighted by atomic mass is 32.2. The number of benzene rings is 2. The third-order valence-electron chi connectivity index (χ3n) is 4.58. The van der Waals surface area contributed by atoms with Gasteiger partial charge in [0.15, 0.2) is 0 Å². The molecule has 3 amide bonds. The number of carbonyl (C=O) groups is 3.